The molecule has 1 heterocycles. The first kappa shape index (κ1) is 9.57. The van der Waals surface area contributed by atoms with Crippen LogP contribution in [0.1, 0.15) is 13.3 Å². The molecule has 0 aliphatic rings. The zero-order chi connectivity index (χ0) is 9.68. The topological polar surface area (TPSA) is 70.3 Å². The summed E-state index contributed by atoms with van der Waals surface area (Å²) in [4.78, 5) is 7.69. The Hall–Kier alpha value is -1.52. The maximum absolute atomic E-state index is 5.55. The molecule has 1 rings (SSSR count). The van der Waals surface area contributed by atoms with Gasteiger partial charge in [0.25, 0.3) is 5.88 Å². The highest BCUT2D eigenvalue weighted by atomic mass is 16.5. The Morgan fingerprint density at radius 3 is 2.85 bits per heavy atom. The lowest BCUT2D eigenvalue weighted by atomic mass is 10.5. The minimum absolute atomic E-state index is 0.295. The zero-order valence-corrected chi connectivity index (χ0v) is 7.78. The molecule has 1 aromatic rings. The van der Waals surface area contributed by atoms with Crippen LogP contribution >= 0.6 is 0 Å². The van der Waals surface area contributed by atoms with Crippen molar-refractivity contribution in [2.75, 3.05) is 19.5 Å². The Bertz CT molecular complexity index is 278. The molecule has 5 heteroatoms. The van der Waals surface area contributed by atoms with E-state index < -0.39 is 0 Å². The number of hydrogen-bond acceptors (Lipinski definition) is 5. The van der Waals surface area contributed by atoms with Gasteiger partial charge in [-0.3, -0.25) is 0 Å². The van der Waals surface area contributed by atoms with E-state index in [2.05, 4.69) is 9.97 Å². The summed E-state index contributed by atoms with van der Waals surface area (Å²) in [6.45, 7) is 2.60. The minimum Gasteiger partial charge on any atom is -0.489 e. The van der Waals surface area contributed by atoms with Crippen LogP contribution in [0.4, 0.5) is 5.82 Å². The van der Waals surface area contributed by atoms with Crippen LogP contribution in [0.5, 0.6) is 11.6 Å². The Morgan fingerprint density at radius 1 is 1.46 bits per heavy atom. The highest BCUT2D eigenvalue weighted by Crippen LogP contribution is 2.28. The molecular weight excluding hydrogens is 170 g/mol. The summed E-state index contributed by atoms with van der Waals surface area (Å²) in [5, 5.41) is 0. The lowest BCUT2D eigenvalue weighted by molar-refractivity contribution is 0.282. The molecule has 0 amide bonds. The summed E-state index contributed by atoms with van der Waals surface area (Å²) in [5.74, 6) is 1.09. The third-order valence-electron chi connectivity index (χ3n) is 1.45. The van der Waals surface area contributed by atoms with Crippen LogP contribution in [0.15, 0.2) is 6.33 Å². The van der Waals surface area contributed by atoms with Crippen LogP contribution in [-0.4, -0.2) is 23.7 Å². The zero-order valence-electron chi connectivity index (χ0n) is 7.78. The summed E-state index contributed by atoms with van der Waals surface area (Å²) >= 11 is 0. The third kappa shape index (κ3) is 2.21. The molecule has 5 nitrogen and oxygen atoms in total. The number of nitrogens with two attached hydrogens (primary N) is 1. The van der Waals surface area contributed by atoms with Crippen molar-refractivity contribution in [2.24, 2.45) is 0 Å². The second kappa shape index (κ2) is 4.49. The SMILES string of the molecule is CCCOc1ncnc(N)c1OC. The van der Waals surface area contributed by atoms with E-state index >= 15 is 0 Å². The van der Waals surface area contributed by atoms with Crippen molar-refractivity contribution in [3.8, 4) is 11.6 Å². The van der Waals surface area contributed by atoms with Gasteiger partial charge in [0.1, 0.15) is 6.33 Å². The summed E-state index contributed by atoms with van der Waals surface area (Å²) in [7, 11) is 1.51. The highest BCUT2D eigenvalue weighted by molar-refractivity contribution is 5.51. The molecule has 0 spiro atoms. The molecular formula is C8H13N3O2. The van der Waals surface area contributed by atoms with Gasteiger partial charge in [-0.05, 0) is 6.42 Å². The normalized spacial score (nSPS) is 9.69. The lowest BCUT2D eigenvalue weighted by Crippen LogP contribution is -2.03. The van der Waals surface area contributed by atoms with Crippen molar-refractivity contribution < 1.29 is 9.47 Å². The molecule has 0 aliphatic heterocycles. The molecule has 0 saturated carbocycles. The fraction of sp³-hybridized carbons (Fsp3) is 0.500. The number of aromatic nitrogens is 2. The summed E-state index contributed by atoms with van der Waals surface area (Å²) < 4.78 is 10.3. The minimum atomic E-state index is 0.295. The Labute approximate surface area is 76.9 Å². The maximum Gasteiger partial charge on any atom is 0.262 e. The fourth-order valence-corrected chi connectivity index (χ4v) is 0.864. The first-order chi connectivity index (χ1) is 6.29. The van der Waals surface area contributed by atoms with Crippen LogP contribution in [0.25, 0.3) is 0 Å². The van der Waals surface area contributed by atoms with Crippen molar-refractivity contribution in [3.05, 3.63) is 6.33 Å². The standard InChI is InChI=1S/C8H13N3O2/c1-3-4-13-8-6(12-2)7(9)10-5-11-8/h5H,3-4H2,1-2H3,(H2,9,10,11). The molecule has 2 N–H and O–H groups in total. The Balaban J connectivity index is 2.85. The van der Waals surface area contributed by atoms with Gasteiger partial charge in [-0.1, -0.05) is 6.92 Å². The van der Waals surface area contributed by atoms with Crippen LogP contribution < -0.4 is 15.2 Å². The van der Waals surface area contributed by atoms with Crippen LogP contribution in [-0.2, 0) is 0 Å². The smallest absolute Gasteiger partial charge is 0.262 e. The summed E-state index contributed by atoms with van der Waals surface area (Å²) in [5.41, 5.74) is 5.55. The number of hydrogen-bond donors (Lipinski definition) is 1. The number of nitrogen functional groups attached to an aromatic ring is 1. The van der Waals surface area contributed by atoms with E-state index in [0.717, 1.165) is 6.42 Å². The van der Waals surface area contributed by atoms with Gasteiger partial charge >= 0.3 is 0 Å². The predicted molar refractivity (Wildman–Crippen MR) is 48.8 cm³/mol. The van der Waals surface area contributed by atoms with Crippen molar-refractivity contribution in [1.82, 2.24) is 9.97 Å². The average Bonchev–Trinajstić information content (AvgIpc) is 2.15. The average molecular weight is 183 g/mol. The fourth-order valence-electron chi connectivity index (χ4n) is 0.864. The highest BCUT2D eigenvalue weighted by Gasteiger charge is 2.09. The van der Waals surface area contributed by atoms with E-state index in [1.807, 2.05) is 6.92 Å². The molecule has 72 valence electrons. The second-order valence-corrected chi connectivity index (χ2v) is 2.45. The number of nitrogens with zero attached hydrogens (tertiary/aromatic N) is 2. The number of methoxy groups -OCH3 is 1. The molecule has 0 unspecified atom stereocenters. The summed E-state index contributed by atoms with van der Waals surface area (Å²) in [6, 6.07) is 0. The number of ether oxygens (including phenoxy) is 2. The second-order valence-electron chi connectivity index (χ2n) is 2.45. The van der Waals surface area contributed by atoms with Gasteiger partial charge in [0, 0.05) is 0 Å². The molecule has 0 atom stereocenters. The van der Waals surface area contributed by atoms with Crippen molar-refractivity contribution in [1.29, 1.82) is 0 Å². The number of anilines is 1. The number of rotatable bonds is 4. The molecule has 0 aliphatic carbocycles. The molecule has 0 aromatic carbocycles. The molecule has 0 fully saturated rings. The van der Waals surface area contributed by atoms with Crippen molar-refractivity contribution in [3.63, 3.8) is 0 Å². The molecule has 0 bridgehead atoms. The van der Waals surface area contributed by atoms with Crippen LogP contribution in [0, 0.1) is 0 Å². The van der Waals surface area contributed by atoms with E-state index in [0.29, 0.717) is 24.1 Å². The van der Waals surface area contributed by atoms with Crippen molar-refractivity contribution >= 4 is 5.82 Å². The quantitative estimate of drug-likeness (QED) is 0.749. The van der Waals surface area contributed by atoms with E-state index in [9.17, 15) is 0 Å². The maximum atomic E-state index is 5.55. The van der Waals surface area contributed by atoms with Crippen LogP contribution in [0.3, 0.4) is 0 Å². The van der Waals surface area contributed by atoms with Gasteiger partial charge in [-0.25, -0.2) is 4.98 Å². The van der Waals surface area contributed by atoms with Gasteiger partial charge in [0.05, 0.1) is 13.7 Å². The van der Waals surface area contributed by atoms with Gasteiger partial charge < -0.3 is 15.2 Å². The Kier molecular flexibility index (Phi) is 3.31. The van der Waals surface area contributed by atoms with Crippen molar-refractivity contribution in [2.45, 2.75) is 13.3 Å². The van der Waals surface area contributed by atoms with Crippen LogP contribution in [0.2, 0.25) is 0 Å². The van der Waals surface area contributed by atoms with Gasteiger partial charge in [0.15, 0.2) is 5.82 Å². The van der Waals surface area contributed by atoms with Gasteiger partial charge in [0.2, 0.25) is 5.75 Å². The largest absolute Gasteiger partial charge is 0.489 e. The molecule has 0 radical (unpaired) electrons. The van der Waals surface area contributed by atoms with E-state index in [4.69, 9.17) is 15.2 Å². The predicted octanol–water partition coefficient (Wildman–Crippen LogP) is 0.856. The lowest BCUT2D eigenvalue weighted by Gasteiger charge is -2.08. The van der Waals surface area contributed by atoms with Gasteiger partial charge in [-0.2, -0.15) is 4.98 Å². The molecule has 13 heavy (non-hydrogen) atoms. The van der Waals surface area contributed by atoms with E-state index in [1.54, 1.807) is 0 Å². The van der Waals surface area contributed by atoms with E-state index in [-0.39, 0.29) is 0 Å². The van der Waals surface area contributed by atoms with Gasteiger partial charge in [-0.15, -0.1) is 0 Å². The first-order valence-electron chi connectivity index (χ1n) is 4.06. The monoisotopic (exact) mass is 183 g/mol. The Morgan fingerprint density at radius 2 is 2.23 bits per heavy atom. The summed E-state index contributed by atoms with van der Waals surface area (Å²) in [6.07, 6.45) is 2.26. The van der Waals surface area contributed by atoms with E-state index in [1.165, 1.54) is 13.4 Å². The molecule has 0 saturated heterocycles. The molecule has 1 aromatic heterocycles. The first-order valence-corrected chi connectivity index (χ1v) is 4.06. The third-order valence-corrected chi connectivity index (χ3v) is 1.45.